The quantitative estimate of drug-likeness (QED) is 0.0654. The summed E-state index contributed by atoms with van der Waals surface area (Å²) in [7, 11) is 0. The van der Waals surface area contributed by atoms with Crippen LogP contribution < -0.4 is 39.2 Å². The number of aliphatic hydroxyl groups is 1. The lowest BCUT2D eigenvalue weighted by atomic mass is 10.1. The second-order valence-corrected chi connectivity index (χ2v) is 31.0. The summed E-state index contributed by atoms with van der Waals surface area (Å²) in [6.07, 6.45) is 10.1. The number of quaternary nitrogens is 1. The second-order valence-electron chi connectivity index (χ2n) is 31.0. The summed E-state index contributed by atoms with van der Waals surface area (Å²) in [5, 5.41) is 45.7. The van der Waals surface area contributed by atoms with Gasteiger partial charge in [-0.15, -0.1) is 0 Å². The van der Waals surface area contributed by atoms with Crippen molar-refractivity contribution in [1.29, 1.82) is 21.0 Å². The van der Waals surface area contributed by atoms with Crippen molar-refractivity contribution in [2.45, 2.75) is 91.8 Å². The molecule has 17 rings (SSSR count). The highest BCUT2D eigenvalue weighted by Crippen LogP contribution is 2.40. The van der Waals surface area contributed by atoms with E-state index in [-0.39, 0.29) is 91.4 Å². The zero-order chi connectivity index (χ0) is 82.9. The van der Waals surface area contributed by atoms with E-state index in [0.29, 0.717) is 109 Å². The lowest BCUT2D eigenvalue weighted by Gasteiger charge is -2.36. The summed E-state index contributed by atoms with van der Waals surface area (Å²) in [6, 6.07) is 59.8. The van der Waals surface area contributed by atoms with Crippen LogP contribution in [0.4, 0.5) is 45.5 Å². The van der Waals surface area contributed by atoms with Crippen LogP contribution in [-0.4, -0.2) is 145 Å². The number of hydrogen-bond donors (Lipinski definition) is 1. The van der Waals surface area contributed by atoms with Gasteiger partial charge in [-0.25, -0.2) is 4.98 Å². The SMILES string of the molecule is CC[N+](CC)(CC)Cc1ccc2c(c1)CCN2C(=O)C1CC(=O)N(c2cccc(C#N)c2)C1.N#Cc1cccc(N2CC(C(=O)N3CCc4cc(C=O)ccc43)CC2=O)c1.N#Cc1cccc(N2CC(C(=O)N3CCc4cc(CO)ccc43)CC2=O)c1.N#Cc1cccc(N2CC(C(=O)N3CCc4cc(Cn5ccnc5)ccc43)CC2=O)c1. The summed E-state index contributed by atoms with van der Waals surface area (Å²) in [5.41, 5.74) is 16.6. The van der Waals surface area contributed by atoms with Crippen LogP contribution in [0.3, 0.4) is 0 Å². The van der Waals surface area contributed by atoms with Gasteiger partial charge in [-0.2, -0.15) is 21.0 Å². The minimum atomic E-state index is -0.417. The standard InChI is InChI=1S/C27H33N4O2.C24H21N5O2.C21H19N3O3.C21H17N3O3/c1-4-31(5-2,6-3)19-21-10-11-25-22(14-21)12-13-29(25)27(33)23-16-26(32)30(18-23)24-9-7-8-20(15-24)17-28;25-13-17-2-1-3-21(11-17)29-15-20(12-23(29)30)24(31)28-8-6-19-10-18(4-5-22(19)28)14-27-9-7-26-16-27;2*22-11-14-2-1-3-18(9-14)24-12-17(10-20(24)26)21(27)23-7-6-16-8-15(13-25)4-5-19(16)23/h7-11,14-15,23H,4-6,12-13,16,18-19H2,1-3H3;1-5,7,9-11,16,20H,6,8,12,14-15H2;1-5,8-9,17,25H,6-7,10,12-13H2;1-5,8-9,13,17H,6-7,10,12H2/q+1;;;. The first kappa shape index (κ1) is 80.9. The van der Waals surface area contributed by atoms with Crippen molar-refractivity contribution in [3.63, 3.8) is 0 Å². The molecule has 0 saturated carbocycles. The van der Waals surface area contributed by atoms with E-state index in [1.807, 2.05) is 63.0 Å². The summed E-state index contributed by atoms with van der Waals surface area (Å²) >= 11 is 0. The van der Waals surface area contributed by atoms with Crippen LogP contribution in [0.1, 0.15) is 118 Å². The Labute approximate surface area is 685 Å². The van der Waals surface area contributed by atoms with E-state index in [1.165, 1.54) is 16.7 Å². The lowest BCUT2D eigenvalue weighted by molar-refractivity contribution is -0.936. The van der Waals surface area contributed by atoms with E-state index >= 15 is 0 Å². The average molecular weight is 1580 g/mol. The molecule has 8 amide bonds. The first-order chi connectivity index (χ1) is 57.2. The molecular formula is C93H90N15O10+. The molecule has 1 N–H and O–H groups in total. The van der Waals surface area contributed by atoms with Gasteiger partial charge in [-0.05, 0) is 195 Å². The Morgan fingerprint density at radius 1 is 0.432 bits per heavy atom. The fraction of sp³-hybridized carbons (Fsp3) is 0.312. The highest BCUT2D eigenvalue weighted by Gasteiger charge is 2.44. The Kier molecular flexibility index (Phi) is 24.4. The molecule has 0 aliphatic carbocycles. The molecule has 0 radical (unpaired) electrons. The van der Waals surface area contributed by atoms with E-state index in [0.717, 1.165) is 108 Å². The second kappa shape index (κ2) is 35.6. The van der Waals surface area contributed by atoms with Crippen molar-refractivity contribution in [2.75, 3.05) is 111 Å². The number of anilines is 8. The third kappa shape index (κ3) is 17.2. The Morgan fingerprint density at radius 3 is 1.08 bits per heavy atom. The van der Waals surface area contributed by atoms with Gasteiger partial charge in [0.05, 0.1) is 103 Å². The molecule has 9 aromatic rings. The van der Waals surface area contributed by atoms with E-state index in [9.17, 15) is 48.3 Å². The molecule has 25 nitrogen and oxygen atoms in total. The van der Waals surface area contributed by atoms with Crippen molar-refractivity contribution in [3.8, 4) is 24.3 Å². The van der Waals surface area contributed by atoms with Gasteiger partial charge in [0, 0.05) is 154 Å². The lowest BCUT2D eigenvalue weighted by Crippen LogP contribution is -2.46. The number of fused-ring (bicyclic) bond motifs is 4. The third-order valence-corrected chi connectivity index (χ3v) is 24.0. The molecule has 4 fully saturated rings. The number of aldehydes is 1. The maximum atomic E-state index is 13.4. The number of aromatic nitrogens is 2. The smallest absolute Gasteiger partial charge is 0.232 e. The van der Waals surface area contributed by atoms with E-state index in [2.05, 4.69) is 74.3 Å². The molecule has 596 valence electrons. The Morgan fingerprint density at radius 2 is 0.754 bits per heavy atom. The number of rotatable bonds is 17. The molecule has 0 bridgehead atoms. The molecule has 25 heteroatoms. The van der Waals surface area contributed by atoms with Gasteiger partial charge in [-0.1, -0.05) is 54.6 Å². The fourth-order valence-electron chi connectivity index (χ4n) is 17.4. The number of aliphatic hydroxyl groups excluding tert-OH is 1. The van der Waals surface area contributed by atoms with Crippen LogP contribution in [0.5, 0.6) is 0 Å². The number of nitrogens with zero attached hydrogens (tertiary/aromatic N) is 15. The van der Waals surface area contributed by atoms with Crippen molar-refractivity contribution in [1.82, 2.24) is 9.55 Å². The van der Waals surface area contributed by atoms with Gasteiger partial charge in [0.2, 0.25) is 47.3 Å². The molecule has 8 aromatic carbocycles. The molecule has 9 heterocycles. The zero-order valence-electron chi connectivity index (χ0n) is 66.2. The van der Waals surface area contributed by atoms with E-state index in [1.54, 1.807) is 145 Å². The van der Waals surface area contributed by atoms with Gasteiger partial charge in [-0.3, -0.25) is 43.2 Å². The van der Waals surface area contributed by atoms with Crippen LogP contribution in [0.25, 0.3) is 0 Å². The Hall–Kier alpha value is -13.7. The van der Waals surface area contributed by atoms with Gasteiger partial charge < -0.3 is 53.4 Å². The Bertz CT molecular complexity index is 5600. The third-order valence-electron chi connectivity index (χ3n) is 24.0. The summed E-state index contributed by atoms with van der Waals surface area (Å²) in [5.74, 6) is -2.01. The van der Waals surface area contributed by atoms with Crippen molar-refractivity contribution in [3.05, 3.63) is 255 Å². The monoisotopic (exact) mass is 1580 g/mol. The van der Waals surface area contributed by atoms with Gasteiger partial charge in [0.15, 0.2) is 0 Å². The van der Waals surface area contributed by atoms with Crippen molar-refractivity contribution < 1.29 is 52.7 Å². The van der Waals surface area contributed by atoms with Crippen molar-refractivity contribution in [2.24, 2.45) is 23.7 Å². The number of hydrogen-bond acceptors (Lipinski definition) is 15. The maximum absolute atomic E-state index is 13.4. The van der Waals surface area contributed by atoms with Gasteiger partial charge in [0.25, 0.3) is 0 Å². The van der Waals surface area contributed by atoms with E-state index in [4.69, 9.17) is 21.0 Å². The van der Waals surface area contributed by atoms with Gasteiger partial charge in [0.1, 0.15) is 12.8 Å². The summed E-state index contributed by atoms with van der Waals surface area (Å²) in [6.45, 7) is 15.6. The first-order valence-corrected chi connectivity index (χ1v) is 40.1. The minimum absolute atomic E-state index is 0.00611. The van der Waals surface area contributed by atoms with Gasteiger partial charge >= 0.3 is 0 Å². The predicted molar refractivity (Wildman–Crippen MR) is 445 cm³/mol. The number of imidazole rings is 1. The van der Waals surface area contributed by atoms with E-state index < -0.39 is 11.8 Å². The molecule has 8 aliphatic rings. The molecule has 4 atom stereocenters. The minimum Gasteiger partial charge on any atom is -0.392 e. The Balaban J connectivity index is 0.000000130. The zero-order valence-corrected chi connectivity index (χ0v) is 66.2. The predicted octanol–water partition coefficient (Wildman–Crippen LogP) is 10.9. The highest BCUT2D eigenvalue weighted by molar-refractivity contribution is 6.09. The number of amides is 8. The molecule has 4 saturated heterocycles. The summed E-state index contributed by atoms with van der Waals surface area (Å²) < 4.78 is 3.08. The number of benzene rings is 8. The normalized spacial score (nSPS) is 18.1. The molecule has 0 spiro atoms. The molecule has 118 heavy (non-hydrogen) atoms. The summed E-state index contributed by atoms with van der Waals surface area (Å²) in [4.78, 5) is 132. The molecule has 4 unspecified atom stereocenters. The first-order valence-electron chi connectivity index (χ1n) is 40.1. The maximum Gasteiger partial charge on any atom is 0.232 e. The van der Waals surface area contributed by atoms with Crippen LogP contribution in [0.15, 0.2) is 189 Å². The number of carbonyl (C=O) groups excluding carboxylic acids is 9. The molecular weight excluding hydrogens is 1490 g/mol. The molecule has 1 aromatic heterocycles. The fourth-order valence-corrected chi connectivity index (χ4v) is 17.4. The molecule has 8 aliphatic heterocycles. The number of carbonyl (C=O) groups is 9. The average Bonchev–Trinajstić information content (AvgIpc) is 1.64. The topological polar surface area (TPSA) is 313 Å². The largest absolute Gasteiger partial charge is 0.392 e. The number of nitriles is 4. The van der Waals surface area contributed by atoms with Crippen LogP contribution in [-0.2, 0) is 83.7 Å². The highest BCUT2D eigenvalue weighted by atomic mass is 16.3. The van der Waals surface area contributed by atoms with Crippen molar-refractivity contribution >= 4 is 99.0 Å². The van der Waals surface area contributed by atoms with Crippen LogP contribution in [0, 0.1) is 69.0 Å². The van der Waals surface area contributed by atoms with Crippen LogP contribution in [0.2, 0.25) is 0 Å². The van der Waals surface area contributed by atoms with Crippen LogP contribution >= 0.6 is 0 Å².